The lowest BCUT2D eigenvalue weighted by Gasteiger charge is -2.03. The highest BCUT2D eigenvalue weighted by Gasteiger charge is 2.17. The number of hydrogen-bond acceptors (Lipinski definition) is 2. The van der Waals surface area contributed by atoms with Gasteiger partial charge < -0.3 is 5.43 Å². The highest BCUT2D eigenvalue weighted by atomic mass is 19.2. The summed E-state index contributed by atoms with van der Waals surface area (Å²) in [4.78, 5) is 0. The first kappa shape index (κ1) is 8.79. The van der Waals surface area contributed by atoms with E-state index in [1.807, 2.05) is 0 Å². The molecule has 0 aromatic heterocycles. The number of hydrogen-bond donors (Lipinski definition) is 2. The quantitative estimate of drug-likeness (QED) is 0.226. The van der Waals surface area contributed by atoms with Crippen molar-refractivity contribution in [2.45, 2.75) is 0 Å². The van der Waals surface area contributed by atoms with Crippen LogP contribution in [0.25, 0.3) is 0 Å². The Bertz CT molecular complexity index is 313. The SMILES string of the molecule is NNc1cc(F)c(F)c(F)c1F. The molecular formula is C6H4F4N2. The summed E-state index contributed by atoms with van der Waals surface area (Å²) < 4.78 is 49.5. The van der Waals surface area contributed by atoms with Crippen molar-refractivity contribution in [1.82, 2.24) is 0 Å². The average Bonchev–Trinajstić information content (AvgIpc) is 2.08. The minimum atomic E-state index is -1.89. The van der Waals surface area contributed by atoms with Gasteiger partial charge in [0.15, 0.2) is 23.3 Å². The number of halogens is 4. The summed E-state index contributed by atoms with van der Waals surface area (Å²) >= 11 is 0. The van der Waals surface area contributed by atoms with E-state index in [2.05, 4.69) is 0 Å². The van der Waals surface area contributed by atoms with Gasteiger partial charge in [0, 0.05) is 6.07 Å². The Morgan fingerprint density at radius 2 is 1.58 bits per heavy atom. The fourth-order valence-corrected chi connectivity index (χ4v) is 0.678. The molecule has 0 unspecified atom stereocenters. The largest absolute Gasteiger partial charge is 0.321 e. The molecule has 3 N–H and O–H groups in total. The lowest BCUT2D eigenvalue weighted by atomic mass is 10.3. The van der Waals surface area contributed by atoms with Gasteiger partial charge in [0.2, 0.25) is 0 Å². The minimum Gasteiger partial charge on any atom is -0.321 e. The molecule has 1 aromatic rings. The summed E-state index contributed by atoms with van der Waals surface area (Å²) in [6.45, 7) is 0. The highest BCUT2D eigenvalue weighted by molar-refractivity contribution is 5.44. The van der Waals surface area contributed by atoms with Gasteiger partial charge in [-0.05, 0) is 0 Å². The van der Waals surface area contributed by atoms with Gasteiger partial charge in [-0.2, -0.15) is 0 Å². The molecule has 0 aliphatic carbocycles. The number of anilines is 1. The van der Waals surface area contributed by atoms with E-state index < -0.39 is 29.0 Å². The van der Waals surface area contributed by atoms with Crippen LogP contribution < -0.4 is 11.3 Å². The standard InChI is InChI=1S/C6H4F4N2/c7-2-1-3(12-11)5(9)6(10)4(2)8/h1,12H,11H2. The molecule has 0 bridgehead atoms. The number of nitrogen functional groups attached to an aromatic ring is 1. The third kappa shape index (κ3) is 1.20. The molecule has 0 fully saturated rings. The van der Waals surface area contributed by atoms with Crippen molar-refractivity contribution in [1.29, 1.82) is 0 Å². The second-order valence-electron chi connectivity index (χ2n) is 1.99. The summed E-state index contributed by atoms with van der Waals surface area (Å²) in [7, 11) is 0. The van der Waals surface area contributed by atoms with Gasteiger partial charge in [0.1, 0.15) is 0 Å². The first-order chi connectivity index (χ1) is 5.57. The van der Waals surface area contributed by atoms with Gasteiger partial charge in [-0.3, -0.25) is 5.84 Å². The van der Waals surface area contributed by atoms with Crippen molar-refractivity contribution in [2.24, 2.45) is 5.84 Å². The number of benzene rings is 1. The fourth-order valence-electron chi connectivity index (χ4n) is 0.678. The predicted molar refractivity (Wildman–Crippen MR) is 34.1 cm³/mol. The molecule has 0 atom stereocenters. The maximum atomic E-state index is 12.5. The molecule has 0 amide bonds. The number of rotatable bonds is 1. The second-order valence-corrected chi connectivity index (χ2v) is 1.99. The van der Waals surface area contributed by atoms with E-state index in [1.54, 1.807) is 5.43 Å². The Morgan fingerprint density at radius 1 is 1.00 bits per heavy atom. The fraction of sp³-hybridized carbons (Fsp3) is 0. The van der Waals surface area contributed by atoms with Gasteiger partial charge in [-0.15, -0.1) is 0 Å². The zero-order valence-corrected chi connectivity index (χ0v) is 5.67. The predicted octanol–water partition coefficient (Wildman–Crippen LogP) is 1.53. The molecule has 0 radical (unpaired) electrons. The average molecular weight is 180 g/mol. The lowest BCUT2D eigenvalue weighted by molar-refractivity contribution is 0.411. The van der Waals surface area contributed by atoms with Crippen LogP contribution in [0.3, 0.4) is 0 Å². The van der Waals surface area contributed by atoms with E-state index in [-0.39, 0.29) is 0 Å². The summed E-state index contributed by atoms with van der Waals surface area (Å²) in [5.41, 5.74) is 1.05. The third-order valence-electron chi connectivity index (χ3n) is 1.26. The molecule has 0 aliphatic rings. The van der Waals surface area contributed by atoms with Gasteiger partial charge in [0.05, 0.1) is 5.69 Å². The topological polar surface area (TPSA) is 38.0 Å². The molecule has 2 nitrogen and oxygen atoms in total. The Balaban J connectivity index is 3.39. The van der Waals surface area contributed by atoms with E-state index in [4.69, 9.17) is 5.84 Å². The Hall–Kier alpha value is -1.30. The Kier molecular flexibility index (Phi) is 2.18. The van der Waals surface area contributed by atoms with Crippen molar-refractivity contribution in [3.8, 4) is 0 Å². The van der Waals surface area contributed by atoms with Crippen LogP contribution in [-0.4, -0.2) is 0 Å². The van der Waals surface area contributed by atoms with E-state index >= 15 is 0 Å². The smallest absolute Gasteiger partial charge is 0.199 e. The maximum Gasteiger partial charge on any atom is 0.199 e. The van der Waals surface area contributed by atoms with Crippen LogP contribution in [0.5, 0.6) is 0 Å². The van der Waals surface area contributed by atoms with E-state index in [1.165, 1.54) is 0 Å². The number of nitrogens with one attached hydrogen (secondary N) is 1. The molecule has 66 valence electrons. The summed E-state index contributed by atoms with van der Waals surface area (Å²) in [6.07, 6.45) is 0. The number of nitrogens with two attached hydrogens (primary N) is 1. The molecule has 0 saturated carbocycles. The normalized spacial score (nSPS) is 10.1. The van der Waals surface area contributed by atoms with Crippen molar-refractivity contribution < 1.29 is 17.6 Å². The van der Waals surface area contributed by atoms with Crippen molar-refractivity contribution >= 4 is 5.69 Å². The Morgan fingerprint density at radius 3 is 2.08 bits per heavy atom. The molecule has 12 heavy (non-hydrogen) atoms. The van der Waals surface area contributed by atoms with E-state index in [0.717, 1.165) is 0 Å². The van der Waals surface area contributed by atoms with Gasteiger partial charge in [0.25, 0.3) is 0 Å². The monoisotopic (exact) mass is 180 g/mol. The van der Waals surface area contributed by atoms with Crippen LogP contribution in [0, 0.1) is 23.3 Å². The molecular weight excluding hydrogens is 176 g/mol. The lowest BCUT2D eigenvalue weighted by Crippen LogP contribution is -2.11. The third-order valence-corrected chi connectivity index (χ3v) is 1.26. The van der Waals surface area contributed by atoms with Crippen LogP contribution in [0.2, 0.25) is 0 Å². The first-order valence-corrected chi connectivity index (χ1v) is 2.87. The molecule has 6 heteroatoms. The zero-order chi connectivity index (χ0) is 9.30. The molecule has 0 saturated heterocycles. The van der Waals surface area contributed by atoms with Gasteiger partial charge in [-0.25, -0.2) is 17.6 Å². The Labute approximate surface area is 65.0 Å². The van der Waals surface area contributed by atoms with Crippen LogP contribution in [0.15, 0.2) is 6.07 Å². The molecule has 1 rings (SSSR count). The number of hydrazine groups is 1. The summed E-state index contributed by atoms with van der Waals surface area (Å²) in [5.74, 6) is -2.09. The van der Waals surface area contributed by atoms with Gasteiger partial charge in [-0.1, -0.05) is 0 Å². The van der Waals surface area contributed by atoms with Crippen LogP contribution in [-0.2, 0) is 0 Å². The van der Waals surface area contributed by atoms with Crippen LogP contribution in [0.4, 0.5) is 23.2 Å². The van der Waals surface area contributed by atoms with Crippen molar-refractivity contribution in [3.05, 3.63) is 29.3 Å². The molecule has 0 aliphatic heterocycles. The summed E-state index contributed by atoms with van der Waals surface area (Å²) in [6, 6.07) is 0.424. The van der Waals surface area contributed by atoms with Gasteiger partial charge >= 0.3 is 0 Å². The molecule has 0 heterocycles. The summed E-state index contributed by atoms with van der Waals surface area (Å²) in [5, 5.41) is 0. The zero-order valence-electron chi connectivity index (χ0n) is 5.67. The van der Waals surface area contributed by atoms with Crippen molar-refractivity contribution in [2.75, 3.05) is 5.43 Å². The highest BCUT2D eigenvalue weighted by Crippen LogP contribution is 2.21. The molecule has 1 aromatic carbocycles. The second kappa shape index (κ2) is 2.98. The molecule has 0 spiro atoms. The minimum absolute atomic E-state index is 0.424. The maximum absolute atomic E-state index is 12.5. The first-order valence-electron chi connectivity index (χ1n) is 2.87. The van der Waals surface area contributed by atoms with Crippen LogP contribution in [0.1, 0.15) is 0 Å². The van der Waals surface area contributed by atoms with E-state index in [0.29, 0.717) is 6.07 Å². The van der Waals surface area contributed by atoms with Crippen molar-refractivity contribution in [3.63, 3.8) is 0 Å². The van der Waals surface area contributed by atoms with E-state index in [9.17, 15) is 17.6 Å². The van der Waals surface area contributed by atoms with Crippen LogP contribution >= 0.6 is 0 Å².